The van der Waals surface area contributed by atoms with Gasteiger partial charge in [0.15, 0.2) is 5.13 Å². The molecule has 2 amide bonds. The predicted molar refractivity (Wildman–Crippen MR) is 127 cm³/mol. The maximum Gasteiger partial charge on any atom is 0.408 e. The van der Waals surface area contributed by atoms with Crippen LogP contribution >= 0.6 is 11.3 Å². The van der Waals surface area contributed by atoms with Gasteiger partial charge in [-0.3, -0.25) is 4.79 Å². The van der Waals surface area contributed by atoms with Gasteiger partial charge in [0, 0.05) is 36.8 Å². The van der Waals surface area contributed by atoms with Gasteiger partial charge in [-0.05, 0) is 52.7 Å². The highest BCUT2D eigenvalue weighted by atomic mass is 32.1. The van der Waals surface area contributed by atoms with Crippen molar-refractivity contribution in [2.75, 3.05) is 37.0 Å². The van der Waals surface area contributed by atoms with E-state index >= 15 is 0 Å². The van der Waals surface area contributed by atoms with Crippen LogP contribution in [0.1, 0.15) is 40.5 Å². The second-order valence-electron chi connectivity index (χ2n) is 9.13. The molecular formula is C23H32N4O4S. The molecule has 2 N–H and O–H groups in total. The van der Waals surface area contributed by atoms with Crippen molar-refractivity contribution < 1.29 is 19.1 Å². The zero-order valence-corrected chi connectivity index (χ0v) is 20.2. The van der Waals surface area contributed by atoms with Gasteiger partial charge in [0.25, 0.3) is 0 Å². The molecule has 8 nitrogen and oxygen atoms in total. The Morgan fingerprint density at radius 1 is 1.25 bits per heavy atom. The molecule has 3 rings (SSSR count). The maximum absolute atomic E-state index is 12.1. The molecule has 0 bridgehead atoms. The van der Waals surface area contributed by atoms with Crippen LogP contribution < -0.4 is 15.5 Å². The maximum atomic E-state index is 12.1. The van der Waals surface area contributed by atoms with E-state index < -0.39 is 11.7 Å². The molecule has 1 saturated heterocycles. The second kappa shape index (κ2) is 9.87. The smallest absolute Gasteiger partial charge is 0.408 e. The van der Waals surface area contributed by atoms with Crippen molar-refractivity contribution in [1.29, 1.82) is 0 Å². The summed E-state index contributed by atoms with van der Waals surface area (Å²) in [7, 11) is 1.78. The van der Waals surface area contributed by atoms with E-state index in [4.69, 9.17) is 9.47 Å². The van der Waals surface area contributed by atoms with Gasteiger partial charge >= 0.3 is 6.09 Å². The molecule has 1 aliphatic heterocycles. The van der Waals surface area contributed by atoms with Crippen molar-refractivity contribution in [3.63, 3.8) is 0 Å². The number of thiazole rings is 1. The Balaban J connectivity index is 1.57. The molecule has 174 valence electrons. The Labute approximate surface area is 193 Å². The van der Waals surface area contributed by atoms with E-state index in [9.17, 15) is 9.59 Å². The van der Waals surface area contributed by atoms with Crippen LogP contribution in [0.5, 0.6) is 0 Å². The number of carbonyl (C=O) groups excluding carboxylic acids is 2. The van der Waals surface area contributed by atoms with Gasteiger partial charge in [0.05, 0.1) is 11.3 Å². The fourth-order valence-electron chi connectivity index (χ4n) is 3.40. The lowest BCUT2D eigenvalue weighted by Crippen LogP contribution is -2.43. The van der Waals surface area contributed by atoms with E-state index in [0.717, 1.165) is 42.9 Å². The molecule has 0 saturated carbocycles. The van der Waals surface area contributed by atoms with Crippen LogP contribution in [-0.4, -0.2) is 54.9 Å². The number of anilines is 2. The Hall–Kier alpha value is -2.65. The van der Waals surface area contributed by atoms with Crippen LogP contribution in [0.25, 0.3) is 11.3 Å². The highest BCUT2D eigenvalue weighted by Crippen LogP contribution is 2.31. The van der Waals surface area contributed by atoms with Crippen molar-refractivity contribution in [3.05, 3.63) is 29.6 Å². The fourth-order valence-corrected chi connectivity index (χ4v) is 4.13. The van der Waals surface area contributed by atoms with Crippen LogP contribution in [-0.2, 0) is 14.3 Å². The third-order valence-electron chi connectivity index (χ3n) is 5.36. The quantitative estimate of drug-likeness (QED) is 0.668. The van der Waals surface area contributed by atoms with Gasteiger partial charge in [-0.25, -0.2) is 9.78 Å². The number of hydrogen-bond donors (Lipinski definition) is 2. The second-order valence-corrected chi connectivity index (χ2v) is 9.99. The molecule has 1 aromatic heterocycles. The molecule has 9 heteroatoms. The predicted octanol–water partition coefficient (Wildman–Crippen LogP) is 4.28. The lowest BCUT2D eigenvalue weighted by molar-refractivity contribution is -0.115. The number of rotatable bonds is 6. The van der Waals surface area contributed by atoms with Gasteiger partial charge in [-0.2, -0.15) is 0 Å². The van der Waals surface area contributed by atoms with Crippen molar-refractivity contribution in [1.82, 2.24) is 10.3 Å². The van der Waals surface area contributed by atoms with Crippen LogP contribution in [0.4, 0.5) is 15.6 Å². The summed E-state index contributed by atoms with van der Waals surface area (Å²) in [5.74, 6) is -0.361. The normalized spacial score (nSPS) is 15.8. The number of hydrogen-bond acceptors (Lipinski definition) is 7. The topological polar surface area (TPSA) is 92.8 Å². The van der Waals surface area contributed by atoms with Crippen molar-refractivity contribution in [2.24, 2.45) is 0 Å². The Bertz CT molecular complexity index is 945. The number of amides is 2. The molecule has 0 unspecified atom stereocenters. The standard InChI is InChI=1S/C23H32N4O4S/c1-22(2,3)31-21(29)24-14-19(28)26-20-25-18(15-32-20)16-7-6-8-17(13-16)27-11-9-23(4,30-5)10-12-27/h6-8,13,15H,9-12,14H2,1-5H3,(H,24,29)(H,25,26,28). The number of methoxy groups -OCH3 is 1. The third kappa shape index (κ3) is 6.67. The van der Waals surface area contributed by atoms with Gasteiger partial charge < -0.3 is 25.0 Å². The van der Waals surface area contributed by atoms with Gasteiger partial charge in [-0.15, -0.1) is 11.3 Å². The minimum atomic E-state index is -0.632. The minimum Gasteiger partial charge on any atom is -0.444 e. The number of nitrogens with zero attached hydrogens (tertiary/aromatic N) is 2. The summed E-state index contributed by atoms with van der Waals surface area (Å²) in [6.07, 6.45) is 1.34. The molecule has 1 fully saturated rings. The number of piperidine rings is 1. The average Bonchev–Trinajstić information content (AvgIpc) is 3.20. The summed E-state index contributed by atoms with van der Waals surface area (Å²) in [4.78, 5) is 30.7. The number of nitrogens with one attached hydrogen (secondary N) is 2. The average molecular weight is 461 g/mol. The molecule has 0 spiro atoms. The molecule has 0 radical (unpaired) electrons. The number of alkyl carbamates (subject to hydrolysis) is 1. The first kappa shape index (κ1) is 24.0. The van der Waals surface area contributed by atoms with Crippen molar-refractivity contribution >= 4 is 34.2 Å². The molecule has 0 aliphatic carbocycles. The zero-order valence-electron chi connectivity index (χ0n) is 19.4. The molecule has 1 aliphatic rings. The van der Waals surface area contributed by atoms with Gasteiger partial charge in [0.1, 0.15) is 12.1 Å². The minimum absolute atomic E-state index is 0.0472. The van der Waals surface area contributed by atoms with Gasteiger partial charge in [-0.1, -0.05) is 12.1 Å². The lowest BCUT2D eigenvalue weighted by Gasteiger charge is -2.39. The number of benzene rings is 1. The molecule has 2 heterocycles. The molecular weight excluding hydrogens is 428 g/mol. The van der Waals surface area contributed by atoms with Gasteiger partial charge in [0.2, 0.25) is 5.91 Å². The van der Waals surface area contributed by atoms with Crippen LogP contribution in [0, 0.1) is 0 Å². The first-order valence-corrected chi connectivity index (χ1v) is 11.6. The summed E-state index contributed by atoms with van der Waals surface area (Å²) >= 11 is 1.34. The zero-order chi connectivity index (χ0) is 23.4. The fraction of sp³-hybridized carbons (Fsp3) is 0.522. The highest BCUT2D eigenvalue weighted by molar-refractivity contribution is 7.14. The number of aromatic nitrogens is 1. The van der Waals surface area contributed by atoms with Crippen LogP contribution in [0.3, 0.4) is 0 Å². The SMILES string of the molecule is COC1(C)CCN(c2cccc(-c3csc(NC(=O)CNC(=O)OC(C)(C)C)n3)c2)CC1. The van der Waals surface area contributed by atoms with E-state index in [0.29, 0.717) is 5.13 Å². The largest absolute Gasteiger partial charge is 0.444 e. The monoisotopic (exact) mass is 460 g/mol. The summed E-state index contributed by atoms with van der Waals surface area (Å²) in [5.41, 5.74) is 2.28. The summed E-state index contributed by atoms with van der Waals surface area (Å²) in [6, 6.07) is 8.27. The Kier molecular flexibility index (Phi) is 7.40. The van der Waals surface area contributed by atoms with Crippen LogP contribution in [0.2, 0.25) is 0 Å². The molecule has 2 aromatic rings. The summed E-state index contributed by atoms with van der Waals surface area (Å²) in [6.45, 7) is 9.15. The first-order valence-electron chi connectivity index (χ1n) is 10.7. The summed E-state index contributed by atoms with van der Waals surface area (Å²) < 4.78 is 10.8. The Morgan fingerprint density at radius 2 is 1.97 bits per heavy atom. The Morgan fingerprint density at radius 3 is 2.62 bits per heavy atom. The number of ether oxygens (including phenoxy) is 2. The van der Waals surface area contributed by atoms with E-state index in [1.54, 1.807) is 27.9 Å². The van der Waals surface area contributed by atoms with Crippen molar-refractivity contribution in [2.45, 2.75) is 51.7 Å². The van der Waals surface area contributed by atoms with E-state index in [1.165, 1.54) is 11.3 Å². The first-order chi connectivity index (χ1) is 15.1. The molecule has 32 heavy (non-hydrogen) atoms. The van der Waals surface area contributed by atoms with Crippen molar-refractivity contribution in [3.8, 4) is 11.3 Å². The highest BCUT2D eigenvalue weighted by Gasteiger charge is 2.29. The summed E-state index contributed by atoms with van der Waals surface area (Å²) in [5, 5.41) is 7.55. The molecule has 0 atom stereocenters. The lowest BCUT2D eigenvalue weighted by atomic mass is 9.93. The number of carbonyl (C=O) groups is 2. The van der Waals surface area contributed by atoms with Crippen LogP contribution in [0.15, 0.2) is 29.6 Å². The molecule has 1 aromatic carbocycles. The van der Waals surface area contributed by atoms with E-state index in [1.807, 2.05) is 17.5 Å². The van der Waals surface area contributed by atoms with E-state index in [2.05, 4.69) is 39.6 Å². The third-order valence-corrected chi connectivity index (χ3v) is 6.12. The van der Waals surface area contributed by atoms with E-state index in [-0.39, 0.29) is 18.1 Å².